The number of fused-ring (bicyclic) bond motifs is 1. The third-order valence-electron chi connectivity index (χ3n) is 4.04. The summed E-state index contributed by atoms with van der Waals surface area (Å²) in [5, 5.41) is 2.94. The fourth-order valence-electron chi connectivity index (χ4n) is 2.35. The van der Waals surface area contributed by atoms with Gasteiger partial charge in [0, 0.05) is 18.7 Å². The molecule has 0 bridgehead atoms. The lowest BCUT2D eigenvalue weighted by Crippen LogP contribution is -2.28. The first kappa shape index (κ1) is 15.2. The summed E-state index contributed by atoms with van der Waals surface area (Å²) in [7, 11) is 0. The van der Waals surface area contributed by atoms with Gasteiger partial charge in [-0.05, 0) is 30.2 Å². The summed E-state index contributed by atoms with van der Waals surface area (Å²) in [6.07, 6.45) is 4.41. The molecule has 2 heterocycles. The maximum absolute atomic E-state index is 11.8. The third-order valence-corrected chi connectivity index (χ3v) is 4.04. The lowest BCUT2D eigenvalue weighted by molar-refractivity contribution is -0.124. The van der Waals surface area contributed by atoms with Crippen LogP contribution in [0.15, 0.2) is 48.9 Å². The fourth-order valence-corrected chi connectivity index (χ4v) is 2.35. The van der Waals surface area contributed by atoms with E-state index in [1.165, 1.54) is 0 Å². The van der Waals surface area contributed by atoms with Crippen molar-refractivity contribution in [3.8, 4) is 5.82 Å². The van der Waals surface area contributed by atoms with Gasteiger partial charge in [0.15, 0.2) is 0 Å². The van der Waals surface area contributed by atoms with Gasteiger partial charge < -0.3 is 5.32 Å². The van der Waals surface area contributed by atoms with Crippen LogP contribution in [-0.4, -0.2) is 20.4 Å². The number of nitrogens with zero attached hydrogens (tertiary/aromatic N) is 3. The molecule has 5 nitrogen and oxygen atoms in total. The van der Waals surface area contributed by atoms with E-state index in [0.717, 1.165) is 28.8 Å². The molecule has 0 saturated carbocycles. The Balaban J connectivity index is 1.73. The van der Waals surface area contributed by atoms with Crippen LogP contribution in [0.5, 0.6) is 0 Å². The number of pyridine rings is 1. The van der Waals surface area contributed by atoms with Crippen LogP contribution < -0.4 is 5.32 Å². The van der Waals surface area contributed by atoms with Crippen molar-refractivity contribution in [1.82, 2.24) is 19.9 Å². The number of carbonyl (C=O) groups is 1. The van der Waals surface area contributed by atoms with Gasteiger partial charge in [0.1, 0.15) is 12.1 Å². The molecule has 1 aromatic carbocycles. The van der Waals surface area contributed by atoms with E-state index in [-0.39, 0.29) is 11.8 Å². The van der Waals surface area contributed by atoms with E-state index in [4.69, 9.17) is 0 Å². The Labute approximate surface area is 135 Å². The molecule has 1 amide bonds. The van der Waals surface area contributed by atoms with Crippen molar-refractivity contribution in [3.05, 3.63) is 54.5 Å². The minimum absolute atomic E-state index is 0.0412. The monoisotopic (exact) mass is 308 g/mol. The third kappa shape index (κ3) is 3.23. The van der Waals surface area contributed by atoms with Gasteiger partial charge in [-0.3, -0.25) is 9.36 Å². The van der Waals surface area contributed by atoms with Crippen molar-refractivity contribution in [3.63, 3.8) is 0 Å². The number of benzene rings is 1. The second kappa shape index (κ2) is 6.60. The van der Waals surface area contributed by atoms with Gasteiger partial charge in [-0.1, -0.05) is 32.0 Å². The van der Waals surface area contributed by atoms with E-state index in [2.05, 4.69) is 15.3 Å². The van der Waals surface area contributed by atoms with E-state index < -0.39 is 0 Å². The predicted octanol–water partition coefficient (Wildman–Crippen LogP) is 3.08. The Morgan fingerprint density at radius 2 is 2.04 bits per heavy atom. The van der Waals surface area contributed by atoms with Gasteiger partial charge in [-0.15, -0.1) is 0 Å². The van der Waals surface area contributed by atoms with Gasteiger partial charge in [0.25, 0.3) is 0 Å². The first-order chi connectivity index (χ1) is 11.2. The molecule has 1 atom stereocenters. The molecule has 0 aliphatic heterocycles. The van der Waals surface area contributed by atoms with Crippen LogP contribution in [0.2, 0.25) is 0 Å². The smallest absolute Gasteiger partial charge is 0.223 e. The van der Waals surface area contributed by atoms with Crippen LogP contribution in [0, 0.1) is 5.92 Å². The molecule has 0 aliphatic rings. The van der Waals surface area contributed by atoms with Gasteiger partial charge >= 0.3 is 0 Å². The summed E-state index contributed by atoms with van der Waals surface area (Å²) >= 11 is 0. The molecule has 23 heavy (non-hydrogen) atoms. The minimum atomic E-state index is 0.0412. The van der Waals surface area contributed by atoms with E-state index in [0.29, 0.717) is 6.54 Å². The summed E-state index contributed by atoms with van der Waals surface area (Å²) in [5.41, 5.74) is 2.95. The zero-order valence-electron chi connectivity index (χ0n) is 13.4. The number of imidazole rings is 1. The Morgan fingerprint density at radius 1 is 1.22 bits per heavy atom. The number of carbonyl (C=O) groups excluding carboxylic acids is 1. The molecule has 1 unspecified atom stereocenters. The minimum Gasteiger partial charge on any atom is -0.352 e. The number of para-hydroxylation sites is 2. The normalized spacial score (nSPS) is 12.3. The quantitative estimate of drug-likeness (QED) is 0.788. The van der Waals surface area contributed by atoms with E-state index in [9.17, 15) is 4.79 Å². The van der Waals surface area contributed by atoms with Crippen molar-refractivity contribution < 1.29 is 4.79 Å². The van der Waals surface area contributed by atoms with Crippen molar-refractivity contribution in [2.45, 2.75) is 26.8 Å². The van der Waals surface area contributed by atoms with E-state index in [1.807, 2.05) is 54.8 Å². The molecule has 5 heteroatoms. The Morgan fingerprint density at radius 3 is 2.78 bits per heavy atom. The van der Waals surface area contributed by atoms with Crippen LogP contribution in [0.3, 0.4) is 0 Å². The molecule has 3 aromatic rings. The van der Waals surface area contributed by atoms with Gasteiger partial charge in [-0.2, -0.15) is 0 Å². The molecule has 3 rings (SSSR count). The molecule has 1 N–H and O–H groups in total. The maximum Gasteiger partial charge on any atom is 0.223 e. The lowest BCUT2D eigenvalue weighted by Gasteiger charge is -2.10. The fraction of sp³-hybridized carbons (Fsp3) is 0.278. The van der Waals surface area contributed by atoms with Crippen LogP contribution in [-0.2, 0) is 11.3 Å². The molecule has 0 radical (unpaired) electrons. The number of aromatic nitrogens is 3. The summed E-state index contributed by atoms with van der Waals surface area (Å²) in [5.74, 6) is 0.937. The predicted molar refractivity (Wildman–Crippen MR) is 90.2 cm³/mol. The molecule has 0 aliphatic carbocycles. The van der Waals surface area contributed by atoms with Crippen molar-refractivity contribution >= 4 is 16.9 Å². The number of amides is 1. The molecular formula is C18H20N4O. The highest BCUT2D eigenvalue weighted by molar-refractivity contribution is 5.78. The SMILES string of the molecule is CCC(C)C(=O)NCc1ccc(-n2cnc3ccccc32)nc1. The molecule has 118 valence electrons. The number of hydrogen-bond donors (Lipinski definition) is 1. The van der Waals surface area contributed by atoms with Crippen LogP contribution in [0.1, 0.15) is 25.8 Å². The summed E-state index contributed by atoms with van der Waals surface area (Å²) < 4.78 is 1.96. The molecule has 0 fully saturated rings. The Hall–Kier alpha value is -2.69. The van der Waals surface area contributed by atoms with E-state index >= 15 is 0 Å². The largest absolute Gasteiger partial charge is 0.352 e. The van der Waals surface area contributed by atoms with Crippen molar-refractivity contribution in [2.75, 3.05) is 0 Å². The van der Waals surface area contributed by atoms with E-state index in [1.54, 1.807) is 12.5 Å². The van der Waals surface area contributed by atoms with Crippen LogP contribution in [0.4, 0.5) is 0 Å². The Kier molecular flexibility index (Phi) is 4.37. The number of hydrogen-bond acceptors (Lipinski definition) is 3. The first-order valence-electron chi connectivity index (χ1n) is 7.84. The summed E-state index contributed by atoms with van der Waals surface area (Å²) in [6.45, 7) is 4.44. The average Bonchev–Trinajstić information content (AvgIpc) is 3.03. The van der Waals surface area contributed by atoms with Gasteiger partial charge in [0.2, 0.25) is 5.91 Å². The Bertz CT molecular complexity index is 807. The number of rotatable bonds is 5. The standard InChI is InChI=1S/C18H20N4O/c1-3-13(2)18(23)20-11-14-8-9-17(19-10-14)22-12-21-15-6-4-5-7-16(15)22/h4-10,12-13H,3,11H2,1-2H3,(H,20,23). The van der Waals surface area contributed by atoms with Crippen molar-refractivity contribution in [2.24, 2.45) is 5.92 Å². The second-order valence-corrected chi connectivity index (χ2v) is 5.66. The summed E-state index contributed by atoms with van der Waals surface area (Å²) in [6, 6.07) is 11.9. The second-order valence-electron chi connectivity index (χ2n) is 5.66. The molecule has 0 saturated heterocycles. The zero-order valence-corrected chi connectivity index (χ0v) is 13.4. The van der Waals surface area contributed by atoms with Crippen LogP contribution in [0.25, 0.3) is 16.9 Å². The molecule has 0 spiro atoms. The highest BCUT2D eigenvalue weighted by Crippen LogP contribution is 2.16. The highest BCUT2D eigenvalue weighted by Gasteiger charge is 2.10. The highest BCUT2D eigenvalue weighted by atomic mass is 16.1. The first-order valence-corrected chi connectivity index (χ1v) is 7.84. The van der Waals surface area contributed by atoms with Crippen LogP contribution >= 0.6 is 0 Å². The van der Waals surface area contributed by atoms with Crippen molar-refractivity contribution in [1.29, 1.82) is 0 Å². The summed E-state index contributed by atoms with van der Waals surface area (Å²) in [4.78, 5) is 20.7. The van der Waals surface area contributed by atoms with Gasteiger partial charge in [0.05, 0.1) is 11.0 Å². The zero-order chi connectivity index (χ0) is 16.2. The average molecular weight is 308 g/mol. The topological polar surface area (TPSA) is 59.8 Å². The maximum atomic E-state index is 11.8. The molecule has 2 aromatic heterocycles. The lowest BCUT2D eigenvalue weighted by atomic mass is 10.1. The molecular weight excluding hydrogens is 288 g/mol. The number of nitrogens with one attached hydrogen (secondary N) is 1. The van der Waals surface area contributed by atoms with Gasteiger partial charge in [-0.25, -0.2) is 9.97 Å².